The Hall–Kier alpha value is -1.06. The van der Waals surface area contributed by atoms with Gasteiger partial charge in [0, 0.05) is 19.0 Å². The number of carbonyl (C=O) groups excluding carboxylic acids is 1. The molecule has 0 aliphatic rings. The number of rotatable bonds is 9. The van der Waals surface area contributed by atoms with Crippen LogP contribution in [-0.2, 0) is 9.59 Å². The van der Waals surface area contributed by atoms with Gasteiger partial charge in [0.2, 0.25) is 5.91 Å². The molecule has 0 aromatic carbocycles. The van der Waals surface area contributed by atoms with Crippen molar-refractivity contribution in [1.82, 2.24) is 4.90 Å². The summed E-state index contributed by atoms with van der Waals surface area (Å²) in [5.74, 6) is -0.675. The van der Waals surface area contributed by atoms with Crippen LogP contribution in [-0.4, -0.2) is 35.0 Å². The highest BCUT2D eigenvalue weighted by atomic mass is 16.4. The van der Waals surface area contributed by atoms with Crippen LogP contribution in [0.4, 0.5) is 0 Å². The standard InChI is InChI=1S/C13H25NO3/c1-4-7-8-11(5-2)13(17)14(6-3)10-9-12(15)16/h11H,4-10H2,1-3H3,(H,15,16). The molecular formula is C13H25NO3. The largest absolute Gasteiger partial charge is 0.481 e. The van der Waals surface area contributed by atoms with Gasteiger partial charge in [-0.25, -0.2) is 0 Å². The van der Waals surface area contributed by atoms with Crippen LogP contribution in [0.2, 0.25) is 0 Å². The first-order valence-corrected chi connectivity index (χ1v) is 6.57. The maximum Gasteiger partial charge on any atom is 0.305 e. The number of amides is 1. The van der Waals surface area contributed by atoms with Crippen molar-refractivity contribution in [1.29, 1.82) is 0 Å². The van der Waals surface area contributed by atoms with Crippen LogP contribution in [0.5, 0.6) is 0 Å². The summed E-state index contributed by atoms with van der Waals surface area (Å²) in [5.41, 5.74) is 0. The van der Waals surface area contributed by atoms with E-state index in [4.69, 9.17) is 5.11 Å². The summed E-state index contributed by atoms with van der Waals surface area (Å²) in [6, 6.07) is 0. The van der Waals surface area contributed by atoms with Crippen LogP contribution >= 0.6 is 0 Å². The summed E-state index contributed by atoms with van der Waals surface area (Å²) in [6.07, 6.45) is 3.92. The molecule has 100 valence electrons. The summed E-state index contributed by atoms with van der Waals surface area (Å²) < 4.78 is 0. The number of carboxylic acids is 1. The fraction of sp³-hybridized carbons (Fsp3) is 0.846. The quantitative estimate of drug-likeness (QED) is 0.677. The third-order valence-corrected chi connectivity index (χ3v) is 3.04. The number of carboxylic acid groups (broad SMARTS) is 1. The second-order valence-corrected chi connectivity index (χ2v) is 4.31. The molecule has 0 saturated carbocycles. The number of hydrogen-bond acceptors (Lipinski definition) is 2. The molecule has 0 aromatic rings. The molecule has 0 spiro atoms. The molecule has 0 radical (unpaired) electrons. The zero-order valence-corrected chi connectivity index (χ0v) is 11.2. The smallest absolute Gasteiger partial charge is 0.305 e. The predicted molar refractivity (Wildman–Crippen MR) is 67.8 cm³/mol. The first-order chi connectivity index (χ1) is 8.06. The SMILES string of the molecule is CCCCC(CC)C(=O)N(CC)CCC(=O)O. The van der Waals surface area contributed by atoms with Crippen LogP contribution < -0.4 is 0 Å². The molecule has 0 bridgehead atoms. The minimum Gasteiger partial charge on any atom is -0.481 e. The van der Waals surface area contributed by atoms with Crippen molar-refractivity contribution in [2.75, 3.05) is 13.1 Å². The van der Waals surface area contributed by atoms with E-state index in [9.17, 15) is 9.59 Å². The van der Waals surface area contributed by atoms with E-state index in [1.807, 2.05) is 13.8 Å². The maximum atomic E-state index is 12.2. The normalized spacial score (nSPS) is 12.2. The molecule has 1 unspecified atom stereocenters. The molecule has 0 aliphatic heterocycles. The Balaban J connectivity index is 4.31. The molecule has 0 rings (SSSR count). The Labute approximate surface area is 104 Å². The Kier molecular flexibility index (Phi) is 8.46. The lowest BCUT2D eigenvalue weighted by Gasteiger charge is -2.25. The highest BCUT2D eigenvalue weighted by Crippen LogP contribution is 2.16. The van der Waals surface area contributed by atoms with Crippen molar-refractivity contribution in [2.45, 2.75) is 52.9 Å². The number of unbranched alkanes of at least 4 members (excludes halogenated alkanes) is 1. The zero-order chi connectivity index (χ0) is 13.3. The second kappa shape index (κ2) is 9.02. The van der Waals surface area contributed by atoms with Gasteiger partial charge in [-0.05, 0) is 19.8 Å². The molecule has 0 heterocycles. The first-order valence-electron chi connectivity index (χ1n) is 6.57. The molecule has 1 atom stereocenters. The molecule has 0 aliphatic carbocycles. The van der Waals surface area contributed by atoms with Gasteiger partial charge in [-0.3, -0.25) is 9.59 Å². The number of hydrogen-bond donors (Lipinski definition) is 1. The van der Waals surface area contributed by atoms with E-state index in [0.717, 1.165) is 25.7 Å². The minimum atomic E-state index is -0.849. The highest BCUT2D eigenvalue weighted by molar-refractivity contribution is 5.79. The topological polar surface area (TPSA) is 57.6 Å². The Morgan fingerprint density at radius 1 is 1.24 bits per heavy atom. The zero-order valence-electron chi connectivity index (χ0n) is 11.2. The second-order valence-electron chi connectivity index (χ2n) is 4.31. The summed E-state index contributed by atoms with van der Waals surface area (Å²) in [6.45, 7) is 6.94. The third-order valence-electron chi connectivity index (χ3n) is 3.04. The van der Waals surface area contributed by atoms with E-state index in [0.29, 0.717) is 13.1 Å². The van der Waals surface area contributed by atoms with Gasteiger partial charge < -0.3 is 10.0 Å². The van der Waals surface area contributed by atoms with Crippen LogP contribution in [0.1, 0.15) is 52.9 Å². The van der Waals surface area contributed by atoms with Gasteiger partial charge in [0.15, 0.2) is 0 Å². The van der Waals surface area contributed by atoms with E-state index in [1.165, 1.54) is 0 Å². The predicted octanol–water partition coefficient (Wildman–Crippen LogP) is 2.53. The first kappa shape index (κ1) is 15.9. The monoisotopic (exact) mass is 243 g/mol. The Morgan fingerprint density at radius 3 is 2.29 bits per heavy atom. The van der Waals surface area contributed by atoms with Gasteiger partial charge in [-0.15, -0.1) is 0 Å². The van der Waals surface area contributed by atoms with Crippen LogP contribution in [0.3, 0.4) is 0 Å². The minimum absolute atomic E-state index is 0.0315. The fourth-order valence-electron chi connectivity index (χ4n) is 1.87. The van der Waals surface area contributed by atoms with Crippen molar-refractivity contribution in [3.8, 4) is 0 Å². The van der Waals surface area contributed by atoms with Gasteiger partial charge in [0.25, 0.3) is 0 Å². The lowest BCUT2D eigenvalue weighted by atomic mass is 9.97. The van der Waals surface area contributed by atoms with Gasteiger partial charge in [-0.2, -0.15) is 0 Å². The van der Waals surface area contributed by atoms with Gasteiger partial charge >= 0.3 is 5.97 Å². The molecule has 0 saturated heterocycles. The lowest BCUT2D eigenvalue weighted by molar-refractivity contribution is -0.139. The van der Waals surface area contributed by atoms with Crippen LogP contribution in [0.15, 0.2) is 0 Å². The van der Waals surface area contributed by atoms with Gasteiger partial charge in [0.1, 0.15) is 0 Å². The lowest BCUT2D eigenvalue weighted by Crippen LogP contribution is -2.37. The average molecular weight is 243 g/mol. The van der Waals surface area contributed by atoms with E-state index in [-0.39, 0.29) is 18.2 Å². The summed E-state index contributed by atoms with van der Waals surface area (Å²) >= 11 is 0. The van der Waals surface area contributed by atoms with Crippen LogP contribution in [0, 0.1) is 5.92 Å². The molecule has 17 heavy (non-hydrogen) atoms. The maximum absolute atomic E-state index is 12.2. The van der Waals surface area contributed by atoms with Crippen molar-refractivity contribution in [2.24, 2.45) is 5.92 Å². The summed E-state index contributed by atoms with van der Waals surface area (Å²) in [5, 5.41) is 8.64. The summed E-state index contributed by atoms with van der Waals surface area (Å²) in [7, 11) is 0. The van der Waals surface area contributed by atoms with E-state index in [2.05, 4.69) is 6.92 Å². The summed E-state index contributed by atoms with van der Waals surface area (Å²) in [4.78, 5) is 24.3. The molecule has 1 N–H and O–H groups in total. The van der Waals surface area contributed by atoms with Crippen molar-refractivity contribution in [3.63, 3.8) is 0 Å². The van der Waals surface area contributed by atoms with Gasteiger partial charge in [-0.1, -0.05) is 26.7 Å². The molecule has 4 nitrogen and oxygen atoms in total. The van der Waals surface area contributed by atoms with E-state index >= 15 is 0 Å². The molecule has 0 aromatic heterocycles. The Morgan fingerprint density at radius 2 is 1.88 bits per heavy atom. The Bertz CT molecular complexity index is 241. The number of aliphatic carboxylic acids is 1. The van der Waals surface area contributed by atoms with Crippen molar-refractivity contribution < 1.29 is 14.7 Å². The third kappa shape index (κ3) is 6.29. The average Bonchev–Trinajstić information content (AvgIpc) is 2.30. The number of nitrogens with zero attached hydrogens (tertiary/aromatic N) is 1. The van der Waals surface area contributed by atoms with Crippen molar-refractivity contribution in [3.05, 3.63) is 0 Å². The van der Waals surface area contributed by atoms with Crippen LogP contribution in [0.25, 0.3) is 0 Å². The number of carbonyl (C=O) groups is 2. The van der Waals surface area contributed by atoms with E-state index < -0.39 is 5.97 Å². The van der Waals surface area contributed by atoms with E-state index in [1.54, 1.807) is 4.90 Å². The molecular weight excluding hydrogens is 218 g/mol. The van der Waals surface area contributed by atoms with Crippen molar-refractivity contribution >= 4 is 11.9 Å². The van der Waals surface area contributed by atoms with Gasteiger partial charge in [0.05, 0.1) is 6.42 Å². The molecule has 4 heteroatoms. The molecule has 1 amide bonds. The molecule has 0 fully saturated rings. The fourth-order valence-corrected chi connectivity index (χ4v) is 1.87. The highest BCUT2D eigenvalue weighted by Gasteiger charge is 2.21.